The van der Waals surface area contributed by atoms with E-state index in [0.717, 1.165) is 6.42 Å². The van der Waals surface area contributed by atoms with Crippen LogP contribution in [0.3, 0.4) is 0 Å². The summed E-state index contributed by atoms with van der Waals surface area (Å²) in [6.07, 6.45) is 4.89. The van der Waals surface area contributed by atoms with Crippen molar-refractivity contribution in [1.82, 2.24) is 5.32 Å². The number of rotatable bonds is 3. The number of nitrogens with one attached hydrogen (secondary N) is 1. The van der Waals surface area contributed by atoms with Crippen LogP contribution in [0.5, 0.6) is 0 Å². The molecule has 0 bridgehead atoms. The number of ether oxygens (including phenoxy) is 1. The van der Waals surface area contributed by atoms with E-state index in [1.165, 1.54) is 26.4 Å². The second-order valence-electron chi connectivity index (χ2n) is 4.91. The van der Waals surface area contributed by atoms with Crippen molar-refractivity contribution in [2.45, 2.75) is 45.6 Å². The molecule has 3 nitrogen and oxygen atoms in total. The summed E-state index contributed by atoms with van der Waals surface area (Å²) in [6.45, 7) is 4.93. The lowest BCUT2D eigenvalue weighted by Crippen LogP contribution is -2.40. The summed E-state index contributed by atoms with van der Waals surface area (Å²) < 4.78 is 4.59. The first-order valence-electron chi connectivity index (χ1n) is 5.34. The predicted molar refractivity (Wildman–Crippen MR) is 56.1 cm³/mol. The van der Waals surface area contributed by atoms with Crippen LogP contribution in [0.4, 0.5) is 0 Å². The summed E-state index contributed by atoms with van der Waals surface area (Å²) >= 11 is 0. The van der Waals surface area contributed by atoms with E-state index in [9.17, 15) is 4.79 Å². The van der Waals surface area contributed by atoms with Crippen molar-refractivity contribution in [1.29, 1.82) is 0 Å². The van der Waals surface area contributed by atoms with Gasteiger partial charge in [0.25, 0.3) is 0 Å². The van der Waals surface area contributed by atoms with Gasteiger partial charge >= 0.3 is 5.97 Å². The molecule has 0 aromatic carbocycles. The number of hydrogen-bond donors (Lipinski definition) is 1. The zero-order valence-corrected chi connectivity index (χ0v) is 9.43. The molecule has 0 aliphatic heterocycles. The standard InChI is InChI=1S/C11H21NO2/c1-11(2)6-4-5-9(7-11)12-8-10(13)14-3/h9,12H,4-8H2,1-3H3. The Bertz CT molecular complexity index is 201. The molecular weight excluding hydrogens is 178 g/mol. The Kier molecular flexibility index (Phi) is 3.93. The van der Waals surface area contributed by atoms with Crippen LogP contribution in [-0.4, -0.2) is 25.7 Å². The van der Waals surface area contributed by atoms with Gasteiger partial charge in [-0.2, -0.15) is 0 Å². The van der Waals surface area contributed by atoms with Gasteiger partial charge in [-0.1, -0.05) is 20.3 Å². The maximum atomic E-state index is 10.9. The summed E-state index contributed by atoms with van der Waals surface area (Å²) in [5, 5.41) is 3.25. The summed E-state index contributed by atoms with van der Waals surface area (Å²) in [7, 11) is 1.43. The van der Waals surface area contributed by atoms with Crippen LogP contribution in [-0.2, 0) is 9.53 Å². The van der Waals surface area contributed by atoms with Gasteiger partial charge in [-0.3, -0.25) is 4.79 Å². The smallest absolute Gasteiger partial charge is 0.319 e. The van der Waals surface area contributed by atoms with E-state index in [-0.39, 0.29) is 5.97 Å². The van der Waals surface area contributed by atoms with Gasteiger partial charge in [0.2, 0.25) is 0 Å². The molecule has 82 valence electrons. The van der Waals surface area contributed by atoms with Crippen LogP contribution in [0, 0.1) is 5.41 Å². The zero-order valence-electron chi connectivity index (χ0n) is 9.43. The molecule has 1 saturated carbocycles. The molecular formula is C11H21NO2. The Hall–Kier alpha value is -0.570. The second kappa shape index (κ2) is 4.78. The van der Waals surface area contributed by atoms with E-state index in [2.05, 4.69) is 23.9 Å². The fraction of sp³-hybridized carbons (Fsp3) is 0.909. The Morgan fingerprint density at radius 3 is 2.86 bits per heavy atom. The van der Waals surface area contributed by atoms with Crippen molar-refractivity contribution in [3.63, 3.8) is 0 Å². The van der Waals surface area contributed by atoms with Crippen LogP contribution < -0.4 is 5.32 Å². The second-order valence-corrected chi connectivity index (χ2v) is 4.91. The van der Waals surface area contributed by atoms with Gasteiger partial charge in [0, 0.05) is 6.04 Å². The van der Waals surface area contributed by atoms with Gasteiger partial charge in [-0.15, -0.1) is 0 Å². The summed E-state index contributed by atoms with van der Waals surface area (Å²) in [5.41, 5.74) is 0.423. The average molecular weight is 199 g/mol. The molecule has 0 aromatic heterocycles. The third kappa shape index (κ3) is 3.66. The minimum absolute atomic E-state index is 0.173. The lowest BCUT2D eigenvalue weighted by Gasteiger charge is -2.35. The van der Waals surface area contributed by atoms with Gasteiger partial charge in [0.1, 0.15) is 0 Å². The molecule has 0 radical (unpaired) electrons. The SMILES string of the molecule is COC(=O)CNC1CCCC(C)(C)C1. The number of carbonyl (C=O) groups is 1. The van der Waals surface area contributed by atoms with Gasteiger partial charge < -0.3 is 10.1 Å². The molecule has 1 unspecified atom stereocenters. The van der Waals surface area contributed by atoms with E-state index in [0.29, 0.717) is 18.0 Å². The largest absolute Gasteiger partial charge is 0.468 e. The van der Waals surface area contributed by atoms with Crippen LogP contribution in [0.25, 0.3) is 0 Å². The lowest BCUT2D eigenvalue weighted by atomic mass is 9.75. The van der Waals surface area contributed by atoms with Crippen LogP contribution in [0.1, 0.15) is 39.5 Å². The quantitative estimate of drug-likeness (QED) is 0.703. The monoisotopic (exact) mass is 199 g/mol. The summed E-state index contributed by atoms with van der Waals surface area (Å²) in [4.78, 5) is 10.9. The first kappa shape index (κ1) is 11.5. The van der Waals surface area contributed by atoms with Crippen LogP contribution in [0.15, 0.2) is 0 Å². The minimum Gasteiger partial charge on any atom is -0.468 e. The molecule has 0 heterocycles. The third-order valence-corrected chi connectivity index (χ3v) is 2.97. The first-order valence-corrected chi connectivity index (χ1v) is 5.34. The summed E-state index contributed by atoms with van der Waals surface area (Å²) in [5.74, 6) is -0.173. The molecule has 0 aromatic rings. The minimum atomic E-state index is -0.173. The predicted octanol–water partition coefficient (Wildman–Crippen LogP) is 1.72. The molecule has 1 fully saturated rings. The van der Waals surface area contributed by atoms with E-state index >= 15 is 0 Å². The van der Waals surface area contributed by atoms with E-state index in [4.69, 9.17) is 0 Å². The molecule has 1 aliphatic rings. The maximum Gasteiger partial charge on any atom is 0.319 e. The fourth-order valence-corrected chi connectivity index (χ4v) is 2.17. The van der Waals surface area contributed by atoms with Crippen molar-refractivity contribution in [2.24, 2.45) is 5.41 Å². The Morgan fingerprint density at radius 2 is 2.29 bits per heavy atom. The topological polar surface area (TPSA) is 38.3 Å². The molecule has 0 saturated heterocycles. The number of methoxy groups -OCH3 is 1. The maximum absolute atomic E-state index is 10.9. The Balaban J connectivity index is 2.28. The van der Waals surface area contributed by atoms with E-state index in [1.54, 1.807) is 0 Å². The Morgan fingerprint density at radius 1 is 1.57 bits per heavy atom. The number of esters is 1. The van der Waals surface area contributed by atoms with Crippen molar-refractivity contribution in [2.75, 3.05) is 13.7 Å². The normalized spacial score (nSPS) is 25.8. The van der Waals surface area contributed by atoms with Crippen molar-refractivity contribution < 1.29 is 9.53 Å². The average Bonchev–Trinajstić information content (AvgIpc) is 2.12. The Labute approximate surface area is 86.2 Å². The van der Waals surface area contributed by atoms with Crippen molar-refractivity contribution in [3.05, 3.63) is 0 Å². The van der Waals surface area contributed by atoms with E-state index in [1.807, 2.05) is 0 Å². The molecule has 3 heteroatoms. The summed E-state index contributed by atoms with van der Waals surface area (Å²) in [6, 6.07) is 0.484. The highest BCUT2D eigenvalue weighted by Crippen LogP contribution is 2.34. The van der Waals surface area contributed by atoms with Crippen molar-refractivity contribution >= 4 is 5.97 Å². The highest BCUT2D eigenvalue weighted by Gasteiger charge is 2.27. The van der Waals surface area contributed by atoms with Crippen molar-refractivity contribution in [3.8, 4) is 0 Å². The fourth-order valence-electron chi connectivity index (χ4n) is 2.17. The lowest BCUT2D eigenvalue weighted by molar-refractivity contribution is -0.139. The molecule has 1 atom stereocenters. The van der Waals surface area contributed by atoms with Crippen LogP contribution >= 0.6 is 0 Å². The molecule has 1 N–H and O–H groups in total. The number of hydrogen-bond acceptors (Lipinski definition) is 3. The van der Waals surface area contributed by atoms with E-state index < -0.39 is 0 Å². The zero-order chi connectivity index (χ0) is 10.6. The molecule has 0 spiro atoms. The molecule has 1 rings (SSSR count). The molecule has 0 amide bonds. The highest BCUT2D eigenvalue weighted by atomic mass is 16.5. The highest BCUT2D eigenvalue weighted by molar-refractivity contribution is 5.71. The van der Waals surface area contributed by atoms with Gasteiger partial charge in [0.05, 0.1) is 13.7 Å². The molecule has 1 aliphatic carbocycles. The molecule has 14 heavy (non-hydrogen) atoms. The first-order chi connectivity index (χ1) is 6.53. The van der Waals surface area contributed by atoms with Crippen LogP contribution in [0.2, 0.25) is 0 Å². The third-order valence-electron chi connectivity index (χ3n) is 2.97. The van der Waals surface area contributed by atoms with Gasteiger partial charge in [0.15, 0.2) is 0 Å². The number of carbonyl (C=O) groups excluding carboxylic acids is 1. The van der Waals surface area contributed by atoms with Gasteiger partial charge in [-0.05, 0) is 24.7 Å². The van der Waals surface area contributed by atoms with Gasteiger partial charge in [-0.25, -0.2) is 0 Å².